The van der Waals surface area contributed by atoms with Gasteiger partial charge in [0.25, 0.3) is 0 Å². The summed E-state index contributed by atoms with van der Waals surface area (Å²) in [5.74, 6) is -0.934. The van der Waals surface area contributed by atoms with E-state index in [9.17, 15) is 19.1 Å². The summed E-state index contributed by atoms with van der Waals surface area (Å²) in [5, 5.41) is 0. The van der Waals surface area contributed by atoms with Crippen LogP contribution in [0.2, 0.25) is 0 Å². The van der Waals surface area contributed by atoms with Crippen molar-refractivity contribution in [2.24, 2.45) is 0 Å². The molecular formula is C16H31CaO5P. The van der Waals surface area contributed by atoms with Crippen molar-refractivity contribution < 1.29 is 23.7 Å². The number of carbonyl (C=O) groups excluding carboxylic acids is 1. The first kappa shape index (κ1) is 26.1. The van der Waals surface area contributed by atoms with Crippen molar-refractivity contribution in [1.29, 1.82) is 0 Å². The largest absolute Gasteiger partial charge is 2.00 e. The Kier molecular flexibility index (Phi) is 20.1. The molecule has 0 aromatic rings. The smallest absolute Gasteiger partial charge is 0.780 e. The van der Waals surface area contributed by atoms with Crippen molar-refractivity contribution in [3.05, 3.63) is 0 Å². The molecule has 0 atom stereocenters. The van der Waals surface area contributed by atoms with Gasteiger partial charge in [-0.05, 0) is 6.42 Å². The molecule has 0 aliphatic rings. The molecule has 0 aliphatic carbocycles. The van der Waals surface area contributed by atoms with E-state index in [1.807, 2.05) is 0 Å². The Hall–Kier alpha value is 0.880. The maximum atomic E-state index is 11.0. The topological polar surface area (TPSA) is 89.5 Å². The molecule has 0 aliphatic heterocycles. The summed E-state index contributed by atoms with van der Waals surface area (Å²) in [4.78, 5) is 31.4. The van der Waals surface area contributed by atoms with E-state index in [-0.39, 0.29) is 44.2 Å². The van der Waals surface area contributed by atoms with Crippen LogP contribution in [-0.2, 0) is 13.9 Å². The summed E-state index contributed by atoms with van der Waals surface area (Å²) < 4.78 is 14.0. The first-order chi connectivity index (χ1) is 10.5. The van der Waals surface area contributed by atoms with E-state index in [0.29, 0.717) is 6.42 Å². The molecular weight excluding hydrogens is 343 g/mol. The molecule has 0 aromatic carbocycles. The Bertz CT molecular complexity index is 320. The number of hydrogen-bond donors (Lipinski definition) is 0. The monoisotopic (exact) mass is 374 g/mol. The molecule has 0 rings (SSSR count). The van der Waals surface area contributed by atoms with Crippen molar-refractivity contribution >= 4 is 51.5 Å². The molecule has 0 heterocycles. The van der Waals surface area contributed by atoms with Gasteiger partial charge < -0.3 is 18.9 Å². The maximum absolute atomic E-state index is 11.0. The van der Waals surface area contributed by atoms with Gasteiger partial charge in [-0.1, -0.05) is 84.0 Å². The van der Waals surface area contributed by atoms with E-state index in [4.69, 9.17) is 0 Å². The van der Waals surface area contributed by atoms with Gasteiger partial charge in [0.2, 0.25) is 0 Å². The van der Waals surface area contributed by atoms with Crippen LogP contribution in [0.15, 0.2) is 0 Å². The minimum atomic E-state index is -5.16. The van der Waals surface area contributed by atoms with Crippen molar-refractivity contribution in [2.75, 3.05) is 0 Å². The molecule has 0 saturated carbocycles. The number of unbranched alkanes of at least 4 members (excludes halogenated alkanes) is 12. The van der Waals surface area contributed by atoms with Crippen molar-refractivity contribution in [3.63, 3.8) is 0 Å². The van der Waals surface area contributed by atoms with E-state index in [1.165, 1.54) is 57.8 Å². The zero-order valence-electron chi connectivity index (χ0n) is 14.6. The molecule has 0 amide bonds. The summed E-state index contributed by atoms with van der Waals surface area (Å²) in [7, 11) is -5.16. The Morgan fingerprint density at radius 1 is 0.783 bits per heavy atom. The first-order valence-electron chi connectivity index (χ1n) is 8.70. The molecule has 23 heavy (non-hydrogen) atoms. The van der Waals surface area contributed by atoms with Gasteiger partial charge >= 0.3 is 43.7 Å². The van der Waals surface area contributed by atoms with Crippen LogP contribution >= 0.6 is 7.82 Å². The molecule has 0 fully saturated rings. The summed E-state index contributed by atoms with van der Waals surface area (Å²) in [6.07, 6.45) is 15.5. The fourth-order valence-corrected chi connectivity index (χ4v) is 2.80. The van der Waals surface area contributed by atoms with E-state index in [1.54, 1.807) is 0 Å². The predicted molar refractivity (Wildman–Crippen MR) is 89.8 cm³/mol. The zero-order valence-corrected chi connectivity index (χ0v) is 17.7. The van der Waals surface area contributed by atoms with E-state index in [0.717, 1.165) is 19.3 Å². The molecule has 0 aromatic heterocycles. The Balaban J connectivity index is 0. The van der Waals surface area contributed by atoms with E-state index >= 15 is 0 Å². The van der Waals surface area contributed by atoms with Gasteiger partial charge in [0.05, 0.1) is 0 Å². The second-order valence-electron chi connectivity index (χ2n) is 5.90. The molecule has 0 bridgehead atoms. The quantitative estimate of drug-likeness (QED) is 0.249. The van der Waals surface area contributed by atoms with E-state index < -0.39 is 13.8 Å². The molecule has 7 heteroatoms. The zero-order chi connectivity index (χ0) is 16.7. The van der Waals surface area contributed by atoms with Gasteiger partial charge in [-0.15, -0.1) is 0 Å². The molecule has 132 valence electrons. The minimum Gasteiger partial charge on any atom is -0.780 e. The summed E-state index contributed by atoms with van der Waals surface area (Å²) in [5.41, 5.74) is 0. The first-order valence-corrected chi connectivity index (χ1v) is 10.2. The third-order valence-corrected chi connectivity index (χ3v) is 4.13. The van der Waals surface area contributed by atoms with Crippen LogP contribution in [0.1, 0.15) is 96.8 Å². The molecule has 0 N–H and O–H groups in total. The third-order valence-electron chi connectivity index (χ3n) is 3.70. The van der Waals surface area contributed by atoms with E-state index in [2.05, 4.69) is 11.4 Å². The predicted octanol–water partition coefficient (Wildman–Crippen LogP) is 3.46. The average molecular weight is 374 g/mol. The molecule has 0 spiro atoms. The summed E-state index contributed by atoms with van der Waals surface area (Å²) in [6, 6.07) is 0. The standard InChI is InChI=1S/C16H33O5P.Ca/c1-2-3-4-5-6-7-8-9-10-11-12-13-14-15-16(17)21-22(18,19)20;/h2-15H2,1H3,(H2,18,19,20);/q;+2/p-2. The second kappa shape index (κ2) is 17.7. The number of hydrogen-bond acceptors (Lipinski definition) is 5. The molecule has 5 nitrogen and oxygen atoms in total. The van der Waals surface area contributed by atoms with Crippen LogP contribution in [0.25, 0.3) is 0 Å². The van der Waals surface area contributed by atoms with Gasteiger partial charge in [-0.3, -0.25) is 4.79 Å². The number of phosphoric ester groups is 1. The van der Waals surface area contributed by atoms with Crippen LogP contribution < -0.4 is 9.79 Å². The summed E-state index contributed by atoms with van der Waals surface area (Å²) in [6.45, 7) is 2.23. The van der Waals surface area contributed by atoms with Crippen LogP contribution in [0.3, 0.4) is 0 Å². The van der Waals surface area contributed by atoms with Gasteiger partial charge in [-0.2, -0.15) is 0 Å². The van der Waals surface area contributed by atoms with Crippen molar-refractivity contribution in [2.45, 2.75) is 96.8 Å². The van der Waals surface area contributed by atoms with Gasteiger partial charge in [0.15, 0.2) is 0 Å². The maximum Gasteiger partial charge on any atom is 2.00 e. The van der Waals surface area contributed by atoms with Crippen LogP contribution in [-0.4, -0.2) is 43.7 Å². The normalized spacial score (nSPS) is 11.1. The average Bonchev–Trinajstić information content (AvgIpc) is 2.42. The fourth-order valence-electron chi connectivity index (χ4n) is 2.46. The van der Waals surface area contributed by atoms with Gasteiger partial charge in [0.1, 0.15) is 7.82 Å². The Morgan fingerprint density at radius 2 is 1.13 bits per heavy atom. The Morgan fingerprint density at radius 3 is 1.48 bits per heavy atom. The minimum absolute atomic E-state index is 0. The third kappa shape index (κ3) is 22.9. The van der Waals surface area contributed by atoms with Crippen LogP contribution in [0, 0.1) is 0 Å². The van der Waals surface area contributed by atoms with Crippen molar-refractivity contribution in [1.82, 2.24) is 0 Å². The van der Waals surface area contributed by atoms with Crippen molar-refractivity contribution in [3.8, 4) is 0 Å². The molecule has 0 unspecified atom stereocenters. The summed E-state index contributed by atoms with van der Waals surface area (Å²) >= 11 is 0. The number of carbonyl (C=O) groups is 1. The van der Waals surface area contributed by atoms with Gasteiger partial charge in [-0.25, -0.2) is 0 Å². The molecule has 0 radical (unpaired) electrons. The Labute approximate surface area is 171 Å². The SMILES string of the molecule is CCCCCCCCCCCCCCCC(=O)OP(=O)([O-])[O-].[Ca+2]. The van der Waals surface area contributed by atoms with Gasteiger partial charge in [0, 0.05) is 6.42 Å². The van der Waals surface area contributed by atoms with Crippen LogP contribution in [0.4, 0.5) is 0 Å². The fraction of sp³-hybridized carbons (Fsp3) is 0.938. The van der Waals surface area contributed by atoms with Crippen LogP contribution in [0.5, 0.6) is 0 Å². The number of rotatable bonds is 15. The molecule has 0 saturated heterocycles. The second-order valence-corrected chi connectivity index (χ2v) is 6.98. The number of phosphoric acid groups is 1.